The molecule has 2 nitrogen and oxygen atoms in total. The fourth-order valence-electron chi connectivity index (χ4n) is 11.5. The standard InChI is InChI=1S/C67H48N2/c1-67(2)62-44-46(52-40-42-64(57-33-19-16-30-54(52)57)69(49-25-11-5-12-26-49)50-27-13-6-14-28-50)36-38-60(62)65-58-34-20-17-31-55(58)61-43-45(35-37-59(61)66(65)67)51-39-41-63(56-32-18-15-29-53(51)56)68(47-21-7-3-8-22-47)48-23-9-4-10-24-48/h3-44H,1-2H3. The molecular weight excluding hydrogens is 833 g/mol. The molecule has 0 N–H and O–H groups in total. The largest absolute Gasteiger partial charge is 0.310 e. The SMILES string of the molecule is CC1(C)c2cc(-c3ccc(N(c4ccccc4)c4ccccc4)c4ccccc34)ccc2-c2c1c1ccc(-c3ccc(N(c4ccccc4)c4ccccc4)c4ccccc34)cc1c1ccccc21. The van der Waals surface area contributed by atoms with Crippen LogP contribution in [0.15, 0.2) is 255 Å². The van der Waals surface area contributed by atoms with Gasteiger partial charge in [-0.05, 0) is 150 Å². The molecule has 0 heterocycles. The van der Waals surface area contributed by atoms with Crippen LogP contribution in [0.5, 0.6) is 0 Å². The highest BCUT2D eigenvalue weighted by molar-refractivity contribution is 6.20. The van der Waals surface area contributed by atoms with Gasteiger partial charge in [0.05, 0.1) is 11.4 Å². The number of hydrogen-bond acceptors (Lipinski definition) is 2. The van der Waals surface area contributed by atoms with Crippen LogP contribution in [-0.2, 0) is 5.41 Å². The molecule has 0 unspecified atom stereocenters. The van der Waals surface area contributed by atoms with Gasteiger partial charge in [0.25, 0.3) is 0 Å². The minimum Gasteiger partial charge on any atom is -0.310 e. The Labute approximate surface area is 403 Å². The molecule has 0 aliphatic heterocycles. The van der Waals surface area contributed by atoms with Gasteiger partial charge in [-0.25, -0.2) is 0 Å². The van der Waals surface area contributed by atoms with E-state index in [9.17, 15) is 0 Å². The highest BCUT2D eigenvalue weighted by atomic mass is 15.1. The Bertz CT molecular complexity index is 3840. The fraction of sp³-hybridized carbons (Fsp3) is 0.0448. The van der Waals surface area contributed by atoms with Crippen LogP contribution in [0.1, 0.15) is 25.0 Å². The maximum Gasteiger partial charge on any atom is 0.0540 e. The molecule has 69 heavy (non-hydrogen) atoms. The van der Waals surface area contributed by atoms with Gasteiger partial charge < -0.3 is 9.80 Å². The van der Waals surface area contributed by atoms with Crippen molar-refractivity contribution < 1.29 is 0 Å². The van der Waals surface area contributed by atoms with Crippen LogP contribution in [0.3, 0.4) is 0 Å². The third-order valence-electron chi connectivity index (χ3n) is 14.6. The first-order chi connectivity index (χ1) is 34.0. The van der Waals surface area contributed by atoms with E-state index in [-0.39, 0.29) is 5.41 Å². The molecule has 0 spiro atoms. The van der Waals surface area contributed by atoms with Crippen molar-refractivity contribution >= 4 is 77.2 Å². The van der Waals surface area contributed by atoms with Gasteiger partial charge in [0.15, 0.2) is 0 Å². The second-order valence-corrected chi connectivity index (χ2v) is 18.8. The molecule has 0 saturated heterocycles. The van der Waals surface area contributed by atoms with Crippen LogP contribution in [-0.4, -0.2) is 0 Å². The first-order valence-electron chi connectivity index (χ1n) is 24.0. The van der Waals surface area contributed by atoms with E-state index >= 15 is 0 Å². The van der Waals surface area contributed by atoms with Gasteiger partial charge in [-0.2, -0.15) is 0 Å². The predicted molar refractivity (Wildman–Crippen MR) is 294 cm³/mol. The Hall–Kier alpha value is -8.72. The summed E-state index contributed by atoms with van der Waals surface area (Å²) in [5.74, 6) is 0. The monoisotopic (exact) mass is 880 g/mol. The normalized spacial score (nSPS) is 12.6. The molecule has 1 aliphatic rings. The second-order valence-electron chi connectivity index (χ2n) is 18.8. The topological polar surface area (TPSA) is 6.48 Å². The molecule has 1 aliphatic carbocycles. The van der Waals surface area contributed by atoms with Crippen molar-refractivity contribution in [3.8, 4) is 33.4 Å². The summed E-state index contributed by atoms with van der Waals surface area (Å²) in [4.78, 5) is 4.75. The van der Waals surface area contributed by atoms with Gasteiger partial charge in [0.2, 0.25) is 0 Å². The van der Waals surface area contributed by atoms with Crippen LogP contribution < -0.4 is 9.80 Å². The first kappa shape index (κ1) is 40.5. The van der Waals surface area contributed by atoms with E-state index in [0.717, 1.165) is 34.1 Å². The van der Waals surface area contributed by atoms with Crippen LogP contribution in [0.25, 0.3) is 76.5 Å². The maximum atomic E-state index is 2.49. The van der Waals surface area contributed by atoms with Gasteiger partial charge in [0, 0.05) is 38.9 Å². The number of hydrogen-bond donors (Lipinski definition) is 0. The van der Waals surface area contributed by atoms with Crippen molar-refractivity contribution in [2.24, 2.45) is 0 Å². The summed E-state index contributed by atoms with van der Waals surface area (Å²) in [5.41, 5.74) is 16.9. The Kier molecular flexibility index (Phi) is 9.55. The summed E-state index contributed by atoms with van der Waals surface area (Å²) in [7, 11) is 0. The highest BCUT2D eigenvalue weighted by Gasteiger charge is 2.39. The van der Waals surface area contributed by atoms with Gasteiger partial charge in [-0.1, -0.05) is 196 Å². The molecular formula is C67H48N2. The lowest BCUT2D eigenvalue weighted by Gasteiger charge is -2.28. The van der Waals surface area contributed by atoms with E-state index in [0.29, 0.717) is 0 Å². The highest BCUT2D eigenvalue weighted by Crippen LogP contribution is 2.56. The van der Waals surface area contributed by atoms with Crippen LogP contribution >= 0.6 is 0 Å². The van der Waals surface area contributed by atoms with Crippen molar-refractivity contribution in [2.45, 2.75) is 19.3 Å². The minimum absolute atomic E-state index is 0.260. The molecule has 0 atom stereocenters. The molecule has 0 fully saturated rings. The summed E-state index contributed by atoms with van der Waals surface area (Å²) in [6.07, 6.45) is 0. The summed E-state index contributed by atoms with van der Waals surface area (Å²) >= 11 is 0. The zero-order chi connectivity index (χ0) is 46.1. The number of fused-ring (bicyclic) bond motifs is 10. The van der Waals surface area contributed by atoms with Crippen LogP contribution in [0.4, 0.5) is 34.1 Å². The molecule has 0 amide bonds. The average molecular weight is 881 g/mol. The lowest BCUT2D eigenvalue weighted by Crippen LogP contribution is -2.15. The number of nitrogens with zero attached hydrogens (tertiary/aromatic N) is 2. The van der Waals surface area contributed by atoms with E-state index in [4.69, 9.17) is 0 Å². The lowest BCUT2D eigenvalue weighted by molar-refractivity contribution is 0.667. The summed E-state index contributed by atoms with van der Waals surface area (Å²) in [6, 6.07) is 93.3. The fourth-order valence-corrected chi connectivity index (χ4v) is 11.5. The number of benzene rings is 12. The third kappa shape index (κ3) is 6.55. The van der Waals surface area contributed by atoms with Gasteiger partial charge >= 0.3 is 0 Å². The van der Waals surface area contributed by atoms with E-state index in [1.165, 1.54) is 87.6 Å². The average Bonchev–Trinajstić information content (AvgIpc) is 3.65. The smallest absolute Gasteiger partial charge is 0.0540 e. The van der Waals surface area contributed by atoms with Crippen molar-refractivity contribution in [1.82, 2.24) is 0 Å². The Morgan fingerprint density at radius 1 is 0.275 bits per heavy atom. The quantitative estimate of drug-likeness (QED) is 0.140. The summed E-state index contributed by atoms with van der Waals surface area (Å²) in [5, 5.41) is 10.1. The zero-order valence-electron chi connectivity index (χ0n) is 38.6. The van der Waals surface area contributed by atoms with Gasteiger partial charge in [0.1, 0.15) is 0 Å². The lowest BCUT2D eigenvalue weighted by atomic mass is 9.78. The number of anilines is 6. The molecule has 2 heteroatoms. The van der Waals surface area contributed by atoms with Crippen molar-refractivity contribution in [3.05, 3.63) is 266 Å². The molecule has 0 aromatic heterocycles. The summed E-state index contributed by atoms with van der Waals surface area (Å²) in [6.45, 7) is 4.86. The molecule has 0 saturated carbocycles. The van der Waals surface area contributed by atoms with E-state index < -0.39 is 0 Å². The van der Waals surface area contributed by atoms with Crippen molar-refractivity contribution in [2.75, 3.05) is 9.80 Å². The van der Waals surface area contributed by atoms with E-state index in [1.54, 1.807) is 0 Å². The summed E-state index contributed by atoms with van der Waals surface area (Å²) < 4.78 is 0. The van der Waals surface area contributed by atoms with E-state index in [1.807, 2.05) is 0 Å². The number of rotatable bonds is 8. The van der Waals surface area contributed by atoms with Gasteiger partial charge in [-0.15, -0.1) is 0 Å². The van der Waals surface area contributed by atoms with Gasteiger partial charge in [-0.3, -0.25) is 0 Å². The Morgan fingerprint density at radius 3 is 1.13 bits per heavy atom. The molecule has 12 aromatic rings. The first-order valence-corrected chi connectivity index (χ1v) is 24.0. The Morgan fingerprint density at radius 2 is 0.652 bits per heavy atom. The predicted octanol–water partition coefficient (Wildman–Crippen LogP) is 18.9. The maximum absolute atomic E-state index is 2.49. The number of para-hydroxylation sites is 4. The molecule has 0 bridgehead atoms. The zero-order valence-corrected chi connectivity index (χ0v) is 38.6. The van der Waals surface area contributed by atoms with E-state index in [2.05, 4.69) is 278 Å². The molecule has 12 aromatic carbocycles. The molecule has 0 radical (unpaired) electrons. The molecule has 13 rings (SSSR count). The minimum atomic E-state index is -0.260. The van der Waals surface area contributed by atoms with Crippen LogP contribution in [0, 0.1) is 0 Å². The van der Waals surface area contributed by atoms with Crippen molar-refractivity contribution in [3.63, 3.8) is 0 Å². The second kappa shape index (κ2) is 16.3. The van der Waals surface area contributed by atoms with Crippen LogP contribution in [0.2, 0.25) is 0 Å². The third-order valence-corrected chi connectivity index (χ3v) is 14.6. The Balaban J connectivity index is 0.942. The van der Waals surface area contributed by atoms with Crippen molar-refractivity contribution in [1.29, 1.82) is 0 Å². The molecule has 326 valence electrons.